The molecule has 1 aliphatic rings. The maximum Gasteiger partial charge on any atom is 0.259 e. The number of fused-ring (bicyclic) bond motifs is 1. The van der Waals surface area contributed by atoms with E-state index in [2.05, 4.69) is 19.9 Å². The fourth-order valence-electron chi connectivity index (χ4n) is 3.11. The van der Waals surface area contributed by atoms with Crippen molar-refractivity contribution in [3.63, 3.8) is 0 Å². The summed E-state index contributed by atoms with van der Waals surface area (Å²) in [5.74, 6) is -1.72. The van der Waals surface area contributed by atoms with Crippen LogP contribution >= 0.6 is 0 Å². The van der Waals surface area contributed by atoms with Crippen LogP contribution in [0.5, 0.6) is 0 Å². The summed E-state index contributed by atoms with van der Waals surface area (Å²) in [6.07, 6.45) is 6.66. The van der Waals surface area contributed by atoms with Crippen molar-refractivity contribution in [1.29, 1.82) is 0 Å². The smallest absolute Gasteiger partial charge is 0.259 e. The van der Waals surface area contributed by atoms with Crippen molar-refractivity contribution in [2.75, 3.05) is 4.90 Å². The fraction of sp³-hybridized carbons (Fsp3) is 0.167. The van der Waals surface area contributed by atoms with E-state index < -0.39 is 23.6 Å². The second kappa shape index (κ2) is 6.21. The summed E-state index contributed by atoms with van der Waals surface area (Å²) in [5, 5.41) is 0. The Kier molecular flexibility index (Phi) is 3.87. The van der Waals surface area contributed by atoms with Gasteiger partial charge in [0.2, 0.25) is 0 Å². The van der Waals surface area contributed by atoms with Crippen molar-refractivity contribution < 1.29 is 13.6 Å². The van der Waals surface area contributed by atoms with E-state index in [1.807, 2.05) is 6.92 Å². The quantitative estimate of drug-likeness (QED) is 0.722. The number of hydrogen-bond donors (Lipinski definition) is 0. The normalized spacial score (nSPS) is 16.0. The van der Waals surface area contributed by atoms with Crippen LogP contribution in [0.15, 0.2) is 43.0 Å². The Morgan fingerprint density at radius 1 is 1.00 bits per heavy atom. The number of hydrogen-bond acceptors (Lipinski definition) is 5. The first-order valence-electron chi connectivity index (χ1n) is 8.02. The summed E-state index contributed by atoms with van der Waals surface area (Å²) in [7, 11) is 0. The monoisotopic (exact) mass is 353 g/mol. The molecule has 3 heterocycles. The van der Waals surface area contributed by atoms with Gasteiger partial charge >= 0.3 is 0 Å². The molecule has 130 valence electrons. The van der Waals surface area contributed by atoms with Crippen molar-refractivity contribution in [3.8, 4) is 11.6 Å². The Balaban J connectivity index is 1.72. The van der Waals surface area contributed by atoms with Gasteiger partial charge in [-0.2, -0.15) is 0 Å². The van der Waals surface area contributed by atoms with E-state index in [-0.39, 0.29) is 5.56 Å². The molecule has 0 spiro atoms. The molecule has 0 bridgehead atoms. The molecule has 1 aromatic carbocycles. The lowest BCUT2D eigenvalue weighted by atomic mass is 10.0. The zero-order valence-electron chi connectivity index (χ0n) is 13.7. The predicted octanol–water partition coefficient (Wildman–Crippen LogP) is 3.32. The van der Waals surface area contributed by atoms with Gasteiger partial charge in [0, 0.05) is 18.0 Å². The molecular formula is C18H13F2N5O. The van der Waals surface area contributed by atoms with Gasteiger partial charge in [0.05, 0.1) is 24.1 Å². The van der Waals surface area contributed by atoms with Crippen LogP contribution in [-0.2, 0) is 0 Å². The minimum atomic E-state index is -1.04. The van der Waals surface area contributed by atoms with Gasteiger partial charge in [-0.25, -0.2) is 28.7 Å². The van der Waals surface area contributed by atoms with Gasteiger partial charge in [-0.15, -0.1) is 0 Å². The summed E-state index contributed by atoms with van der Waals surface area (Å²) < 4.78 is 27.2. The van der Waals surface area contributed by atoms with Gasteiger partial charge in [0.1, 0.15) is 0 Å². The van der Waals surface area contributed by atoms with Gasteiger partial charge < -0.3 is 0 Å². The largest absolute Gasteiger partial charge is 0.298 e. The zero-order valence-corrected chi connectivity index (χ0v) is 13.7. The predicted molar refractivity (Wildman–Crippen MR) is 89.3 cm³/mol. The number of anilines is 1. The molecule has 6 nitrogen and oxygen atoms in total. The highest BCUT2D eigenvalue weighted by atomic mass is 19.2. The summed E-state index contributed by atoms with van der Waals surface area (Å²) in [6.45, 7) is 1.87. The van der Waals surface area contributed by atoms with E-state index in [1.165, 1.54) is 17.3 Å². The molecule has 0 aliphatic carbocycles. The van der Waals surface area contributed by atoms with E-state index >= 15 is 0 Å². The van der Waals surface area contributed by atoms with Crippen LogP contribution in [0.4, 0.5) is 14.5 Å². The highest BCUT2D eigenvalue weighted by molar-refractivity contribution is 6.11. The number of aromatic nitrogens is 4. The number of benzene rings is 1. The van der Waals surface area contributed by atoms with Crippen LogP contribution in [0.25, 0.3) is 11.6 Å². The van der Waals surface area contributed by atoms with Crippen LogP contribution in [0, 0.1) is 11.6 Å². The Labute approximate surface area is 147 Å². The number of amides is 1. The molecule has 0 N–H and O–H groups in total. The highest BCUT2D eigenvalue weighted by Gasteiger charge is 2.38. The Bertz CT molecular complexity index is 979. The van der Waals surface area contributed by atoms with Crippen molar-refractivity contribution in [2.45, 2.75) is 19.4 Å². The molecule has 3 aromatic rings. The molecule has 26 heavy (non-hydrogen) atoms. The Morgan fingerprint density at radius 2 is 1.62 bits per heavy atom. The lowest BCUT2D eigenvalue weighted by molar-refractivity contribution is 0.0990. The van der Waals surface area contributed by atoms with E-state index in [0.29, 0.717) is 29.3 Å². The molecule has 4 rings (SSSR count). The fourth-order valence-corrected chi connectivity index (χ4v) is 3.11. The number of rotatable bonds is 3. The summed E-state index contributed by atoms with van der Waals surface area (Å²) in [5.41, 5.74) is 1.07. The molecule has 0 saturated heterocycles. The van der Waals surface area contributed by atoms with Gasteiger partial charge in [-0.3, -0.25) is 9.69 Å². The molecule has 1 aliphatic heterocycles. The maximum absolute atomic E-state index is 13.6. The molecule has 2 aromatic heterocycles. The minimum absolute atomic E-state index is 0.159. The van der Waals surface area contributed by atoms with Crippen LogP contribution in [0.2, 0.25) is 0 Å². The molecular weight excluding hydrogens is 340 g/mol. The summed E-state index contributed by atoms with van der Waals surface area (Å²) in [4.78, 5) is 30.8. The third-order valence-electron chi connectivity index (χ3n) is 4.28. The first kappa shape index (κ1) is 16.2. The van der Waals surface area contributed by atoms with Crippen LogP contribution < -0.4 is 4.90 Å². The maximum atomic E-state index is 13.6. The Morgan fingerprint density at radius 3 is 2.27 bits per heavy atom. The van der Waals surface area contributed by atoms with Crippen molar-refractivity contribution >= 4 is 11.6 Å². The van der Waals surface area contributed by atoms with Crippen LogP contribution in [0.1, 0.15) is 35.3 Å². The van der Waals surface area contributed by atoms with Gasteiger partial charge in [-0.05, 0) is 30.2 Å². The van der Waals surface area contributed by atoms with Gasteiger partial charge in [-0.1, -0.05) is 6.92 Å². The lowest BCUT2D eigenvalue weighted by Gasteiger charge is -2.23. The molecule has 1 amide bonds. The first-order valence-corrected chi connectivity index (χ1v) is 8.02. The van der Waals surface area contributed by atoms with E-state index in [9.17, 15) is 13.6 Å². The molecule has 8 heteroatoms. The number of carbonyl (C=O) groups excluding carboxylic acids is 1. The van der Waals surface area contributed by atoms with Crippen molar-refractivity contribution in [3.05, 3.63) is 65.7 Å². The average Bonchev–Trinajstić information content (AvgIpc) is 2.94. The zero-order chi connectivity index (χ0) is 18.3. The second-order valence-electron chi connectivity index (χ2n) is 5.79. The number of nitrogens with zero attached hydrogens (tertiary/aromatic N) is 5. The minimum Gasteiger partial charge on any atom is -0.298 e. The molecule has 0 unspecified atom stereocenters. The molecule has 0 saturated carbocycles. The van der Waals surface area contributed by atoms with E-state index in [4.69, 9.17) is 0 Å². The molecule has 1 atom stereocenters. The molecule has 0 radical (unpaired) electrons. The number of carbonyl (C=O) groups is 1. The van der Waals surface area contributed by atoms with Gasteiger partial charge in [0.25, 0.3) is 5.91 Å². The third kappa shape index (κ3) is 2.50. The SMILES string of the molecule is CC[C@H]1c2cc(F)c(F)cc2C(=O)N1c1cnc(-c2ncccn2)nc1. The summed E-state index contributed by atoms with van der Waals surface area (Å²) in [6, 6.07) is 3.31. The van der Waals surface area contributed by atoms with Crippen LogP contribution in [0.3, 0.4) is 0 Å². The first-order chi connectivity index (χ1) is 12.6. The topological polar surface area (TPSA) is 71.9 Å². The van der Waals surface area contributed by atoms with E-state index in [1.54, 1.807) is 18.5 Å². The molecule has 0 fully saturated rings. The van der Waals surface area contributed by atoms with E-state index in [0.717, 1.165) is 12.1 Å². The lowest BCUT2D eigenvalue weighted by Crippen LogP contribution is -2.27. The number of halogens is 2. The Hall–Kier alpha value is -3.29. The van der Waals surface area contributed by atoms with Gasteiger partial charge in [0.15, 0.2) is 23.3 Å². The summed E-state index contributed by atoms with van der Waals surface area (Å²) >= 11 is 0. The van der Waals surface area contributed by atoms with Crippen LogP contribution in [-0.4, -0.2) is 25.8 Å². The van der Waals surface area contributed by atoms with Crippen molar-refractivity contribution in [2.24, 2.45) is 0 Å². The highest BCUT2D eigenvalue weighted by Crippen LogP contribution is 2.39. The average molecular weight is 353 g/mol. The second-order valence-corrected chi connectivity index (χ2v) is 5.79. The third-order valence-corrected chi connectivity index (χ3v) is 4.28. The standard InChI is InChI=1S/C18H13F2N5O/c1-2-15-11-6-13(19)14(20)7-12(11)18(26)25(15)10-8-23-17(24-9-10)16-21-4-3-5-22-16/h3-9,15H,2H2,1H3/t15-/m0/s1. The van der Waals surface area contributed by atoms with Crippen molar-refractivity contribution in [1.82, 2.24) is 19.9 Å².